The first kappa shape index (κ1) is 15.2. The lowest BCUT2D eigenvalue weighted by Crippen LogP contribution is -2.38. The lowest BCUT2D eigenvalue weighted by Gasteiger charge is -2.34. The molecule has 116 valence electrons. The van der Waals surface area contributed by atoms with E-state index in [1.165, 1.54) is 43.4 Å². The maximum Gasteiger partial charge on any atom is 0.124 e. The fraction of sp³-hybridized carbons (Fsp3) is 0.667. The Bertz CT molecular complexity index is 445. The molecule has 21 heavy (non-hydrogen) atoms. The Hall–Kier alpha value is -0.670. The van der Waals surface area contributed by atoms with Gasteiger partial charge < -0.3 is 10.1 Å². The van der Waals surface area contributed by atoms with E-state index in [2.05, 4.69) is 48.3 Å². The van der Waals surface area contributed by atoms with Gasteiger partial charge in [-0.2, -0.15) is 11.8 Å². The molecule has 0 aromatic heterocycles. The summed E-state index contributed by atoms with van der Waals surface area (Å²) in [5.74, 6) is 3.32. The SMILES string of the molecule is CCCNC1c2ccccc2OCC1SCC1CCCC1. The molecule has 1 fully saturated rings. The number of para-hydroxylation sites is 1. The molecule has 1 saturated carbocycles. The number of rotatable bonds is 6. The van der Waals surface area contributed by atoms with Crippen LogP contribution in [0.5, 0.6) is 5.75 Å². The van der Waals surface area contributed by atoms with Crippen LogP contribution < -0.4 is 10.1 Å². The average molecular weight is 305 g/mol. The number of benzene rings is 1. The molecule has 3 rings (SSSR count). The van der Waals surface area contributed by atoms with Crippen LogP contribution in [0, 0.1) is 5.92 Å². The van der Waals surface area contributed by atoms with Crippen LogP contribution >= 0.6 is 11.8 Å². The van der Waals surface area contributed by atoms with E-state index in [1.807, 2.05) is 0 Å². The van der Waals surface area contributed by atoms with Crippen molar-refractivity contribution in [3.05, 3.63) is 29.8 Å². The molecular formula is C18H27NOS. The normalized spacial score (nSPS) is 25.6. The number of fused-ring (bicyclic) bond motifs is 1. The molecule has 2 aliphatic rings. The fourth-order valence-electron chi connectivity index (χ4n) is 3.46. The first-order chi connectivity index (χ1) is 10.4. The maximum atomic E-state index is 6.00. The molecular weight excluding hydrogens is 278 g/mol. The van der Waals surface area contributed by atoms with E-state index in [9.17, 15) is 0 Å². The van der Waals surface area contributed by atoms with Gasteiger partial charge in [0.1, 0.15) is 12.4 Å². The minimum absolute atomic E-state index is 0.446. The molecule has 1 aromatic rings. The van der Waals surface area contributed by atoms with Crippen LogP contribution in [-0.4, -0.2) is 24.2 Å². The molecule has 0 bridgehead atoms. The molecule has 0 radical (unpaired) electrons. The highest BCUT2D eigenvalue weighted by atomic mass is 32.2. The Morgan fingerprint density at radius 1 is 1.24 bits per heavy atom. The first-order valence-electron chi connectivity index (χ1n) is 8.45. The van der Waals surface area contributed by atoms with Crippen LogP contribution in [0.3, 0.4) is 0 Å². The number of hydrogen-bond acceptors (Lipinski definition) is 3. The summed E-state index contributed by atoms with van der Waals surface area (Å²) in [4.78, 5) is 0. The molecule has 0 saturated heterocycles. The molecule has 1 aliphatic heterocycles. The van der Waals surface area contributed by atoms with Gasteiger partial charge in [0.2, 0.25) is 0 Å². The van der Waals surface area contributed by atoms with Crippen molar-refractivity contribution >= 4 is 11.8 Å². The fourth-order valence-corrected chi connectivity index (χ4v) is 4.91. The highest BCUT2D eigenvalue weighted by molar-refractivity contribution is 8.00. The summed E-state index contributed by atoms with van der Waals surface area (Å²) in [6, 6.07) is 8.98. The van der Waals surface area contributed by atoms with Gasteiger partial charge >= 0.3 is 0 Å². The van der Waals surface area contributed by atoms with Gasteiger partial charge in [-0.1, -0.05) is 38.0 Å². The monoisotopic (exact) mass is 305 g/mol. The van der Waals surface area contributed by atoms with E-state index in [4.69, 9.17) is 4.74 Å². The highest BCUT2D eigenvalue weighted by Crippen LogP contribution is 2.39. The topological polar surface area (TPSA) is 21.3 Å². The van der Waals surface area contributed by atoms with Crippen molar-refractivity contribution in [2.45, 2.75) is 50.3 Å². The summed E-state index contributed by atoms with van der Waals surface area (Å²) in [5, 5.41) is 4.30. The summed E-state index contributed by atoms with van der Waals surface area (Å²) in [6.45, 7) is 4.16. The number of thioether (sulfide) groups is 1. The third-order valence-electron chi connectivity index (χ3n) is 4.66. The molecule has 2 unspecified atom stereocenters. The van der Waals surface area contributed by atoms with Crippen molar-refractivity contribution in [1.82, 2.24) is 5.32 Å². The quantitative estimate of drug-likeness (QED) is 0.841. The minimum Gasteiger partial charge on any atom is -0.492 e. The first-order valence-corrected chi connectivity index (χ1v) is 9.50. The van der Waals surface area contributed by atoms with Crippen LogP contribution in [0.4, 0.5) is 0 Å². The van der Waals surface area contributed by atoms with Gasteiger partial charge in [0.05, 0.1) is 11.3 Å². The van der Waals surface area contributed by atoms with Gasteiger partial charge in [-0.3, -0.25) is 0 Å². The molecule has 1 N–H and O–H groups in total. The molecule has 2 atom stereocenters. The number of nitrogens with one attached hydrogen (secondary N) is 1. The summed E-state index contributed by atoms with van der Waals surface area (Å²) >= 11 is 2.13. The third kappa shape index (κ3) is 3.75. The van der Waals surface area contributed by atoms with E-state index < -0.39 is 0 Å². The van der Waals surface area contributed by atoms with Crippen molar-refractivity contribution in [1.29, 1.82) is 0 Å². The van der Waals surface area contributed by atoms with E-state index in [0.717, 1.165) is 24.8 Å². The van der Waals surface area contributed by atoms with Gasteiger partial charge in [-0.25, -0.2) is 0 Å². The van der Waals surface area contributed by atoms with E-state index in [0.29, 0.717) is 11.3 Å². The summed E-state index contributed by atoms with van der Waals surface area (Å²) in [7, 11) is 0. The zero-order valence-electron chi connectivity index (χ0n) is 13.0. The summed E-state index contributed by atoms with van der Waals surface area (Å²) in [6.07, 6.45) is 6.92. The smallest absolute Gasteiger partial charge is 0.124 e. The van der Waals surface area contributed by atoms with Crippen molar-refractivity contribution in [3.8, 4) is 5.75 Å². The lowest BCUT2D eigenvalue weighted by atomic mass is 10.00. The molecule has 1 heterocycles. The number of ether oxygens (including phenoxy) is 1. The Labute approximate surface area is 133 Å². The van der Waals surface area contributed by atoms with Crippen LogP contribution in [-0.2, 0) is 0 Å². The molecule has 0 amide bonds. The van der Waals surface area contributed by atoms with Crippen molar-refractivity contribution in [2.24, 2.45) is 5.92 Å². The van der Waals surface area contributed by atoms with E-state index in [1.54, 1.807) is 0 Å². The Morgan fingerprint density at radius 2 is 2.05 bits per heavy atom. The average Bonchev–Trinajstić information content (AvgIpc) is 3.04. The van der Waals surface area contributed by atoms with Gasteiger partial charge in [-0.15, -0.1) is 0 Å². The Morgan fingerprint density at radius 3 is 2.86 bits per heavy atom. The third-order valence-corrected chi connectivity index (χ3v) is 6.16. The Balaban J connectivity index is 1.66. The lowest BCUT2D eigenvalue weighted by molar-refractivity contribution is 0.260. The zero-order chi connectivity index (χ0) is 14.5. The Kier molecular flexibility index (Phi) is 5.48. The van der Waals surface area contributed by atoms with Crippen LogP contribution in [0.2, 0.25) is 0 Å². The predicted molar refractivity (Wildman–Crippen MR) is 91.2 cm³/mol. The molecule has 0 spiro atoms. The molecule has 1 aromatic carbocycles. The van der Waals surface area contributed by atoms with Gasteiger partial charge in [-0.05, 0) is 43.5 Å². The van der Waals surface area contributed by atoms with Gasteiger partial charge in [0.25, 0.3) is 0 Å². The van der Waals surface area contributed by atoms with Gasteiger partial charge in [0, 0.05) is 5.56 Å². The van der Waals surface area contributed by atoms with Crippen LogP contribution in [0.25, 0.3) is 0 Å². The molecule has 3 heteroatoms. The van der Waals surface area contributed by atoms with Crippen LogP contribution in [0.15, 0.2) is 24.3 Å². The van der Waals surface area contributed by atoms with Crippen molar-refractivity contribution in [2.75, 3.05) is 18.9 Å². The second kappa shape index (κ2) is 7.55. The second-order valence-corrected chi connectivity index (χ2v) is 7.58. The second-order valence-electron chi connectivity index (χ2n) is 6.30. The van der Waals surface area contributed by atoms with Crippen LogP contribution in [0.1, 0.15) is 50.6 Å². The summed E-state index contributed by atoms with van der Waals surface area (Å²) in [5.41, 5.74) is 1.35. The minimum atomic E-state index is 0.446. The summed E-state index contributed by atoms with van der Waals surface area (Å²) < 4.78 is 6.00. The predicted octanol–water partition coefficient (Wildman–Crippen LogP) is 4.41. The van der Waals surface area contributed by atoms with E-state index >= 15 is 0 Å². The van der Waals surface area contributed by atoms with E-state index in [-0.39, 0.29) is 0 Å². The van der Waals surface area contributed by atoms with Crippen molar-refractivity contribution in [3.63, 3.8) is 0 Å². The highest BCUT2D eigenvalue weighted by Gasteiger charge is 2.31. The molecule has 1 aliphatic carbocycles. The standard InChI is InChI=1S/C18H27NOS/c1-2-11-19-18-15-9-5-6-10-16(15)20-12-17(18)21-13-14-7-3-4-8-14/h5-6,9-10,14,17-19H,2-4,7-8,11-13H2,1H3. The maximum absolute atomic E-state index is 6.00. The molecule has 2 nitrogen and oxygen atoms in total. The zero-order valence-corrected chi connectivity index (χ0v) is 13.8. The van der Waals surface area contributed by atoms with Gasteiger partial charge in [0.15, 0.2) is 0 Å². The van der Waals surface area contributed by atoms with Crippen molar-refractivity contribution < 1.29 is 4.74 Å². The number of hydrogen-bond donors (Lipinski definition) is 1. The largest absolute Gasteiger partial charge is 0.492 e.